The lowest BCUT2D eigenvalue weighted by Crippen LogP contribution is -2.26. The molecule has 0 spiro atoms. The summed E-state index contributed by atoms with van der Waals surface area (Å²) in [5.41, 5.74) is 1.28. The topological polar surface area (TPSA) is 117 Å². The second-order valence-electron chi connectivity index (χ2n) is 6.68. The predicted octanol–water partition coefficient (Wildman–Crippen LogP) is 3.56. The van der Waals surface area contributed by atoms with Crippen molar-refractivity contribution in [3.8, 4) is 22.8 Å². The molecule has 0 aliphatic heterocycles. The number of hydrogen-bond acceptors (Lipinski definition) is 7. The summed E-state index contributed by atoms with van der Waals surface area (Å²) >= 11 is 0. The standard InChI is InChI=1S/C22H23N3O6/c1-29-18-12-16(17(25(27)28)13-19(18)30-2)10-11-23-21(26)8-9-22-24-14-20(31-22)15-6-4-3-5-7-15/h3-7,12-14H,8-11H2,1-2H3,(H,23,26). The number of amides is 1. The molecule has 0 saturated heterocycles. The van der Waals surface area contributed by atoms with E-state index >= 15 is 0 Å². The number of methoxy groups -OCH3 is 2. The molecule has 31 heavy (non-hydrogen) atoms. The summed E-state index contributed by atoms with van der Waals surface area (Å²) in [6, 6.07) is 12.5. The van der Waals surface area contributed by atoms with Gasteiger partial charge in [0.05, 0.1) is 31.4 Å². The first-order valence-electron chi connectivity index (χ1n) is 9.68. The van der Waals surface area contributed by atoms with Crippen molar-refractivity contribution in [1.82, 2.24) is 10.3 Å². The Morgan fingerprint density at radius 3 is 2.52 bits per heavy atom. The summed E-state index contributed by atoms with van der Waals surface area (Å²) < 4.78 is 16.0. The molecule has 0 bridgehead atoms. The van der Waals surface area contributed by atoms with E-state index in [0.717, 1.165) is 5.56 Å². The number of nitrogens with zero attached hydrogens (tertiary/aromatic N) is 2. The molecule has 1 heterocycles. The van der Waals surface area contributed by atoms with E-state index in [9.17, 15) is 14.9 Å². The van der Waals surface area contributed by atoms with Gasteiger partial charge in [0.1, 0.15) is 0 Å². The van der Waals surface area contributed by atoms with E-state index in [-0.39, 0.29) is 36.7 Å². The summed E-state index contributed by atoms with van der Waals surface area (Å²) in [6.45, 7) is 0.246. The van der Waals surface area contributed by atoms with Crippen molar-refractivity contribution in [1.29, 1.82) is 0 Å². The second-order valence-corrected chi connectivity index (χ2v) is 6.68. The van der Waals surface area contributed by atoms with E-state index in [1.165, 1.54) is 20.3 Å². The van der Waals surface area contributed by atoms with Crippen LogP contribution in [-0.4, -0.2) is 36.6 Å². The Hall–Kier alpha value is -3.88. The molecule has 2 aromatic carbocycles. The van der Waals surface area contributed by atoms with Crippen LogP contribution in [0.2, 0.25) is 0 Å². The molecule has 0 fully saturated rings. The van der Waals surface area contributed by atoms with Crippen LogP contribution in [0.15, 0.2) is 53.1 Å². The van der Waals surface area contributed by atoms with Crippen molar-refractivity contribution < 1.29 is 23.6 Å². The molecule has 0 aliphatic rings. The molecule has 9 heteroatoms. The molecule has 0 unspecified atom stereocenters. The Labute approximate surface area is 179 Å². The van der Waals surface area contributed by atoms with Gasteiger partial charge in [-0.1, -0.05) is 30.3 Å². The van der Waals surface area contributed by atoms with Gasteiger partial charge in [-0.2, -0.15) is 0 Å². The fraction of sp³-hybridized carbons (Fsp3) is 0.273. The van der Waals surface area contributed by atoms with Crippen molar-refractivity contribution >= 4 is 11.6 Å². The number of carbonyl (C=O) groups excluding carboxylic acids is 1. The summed E-state index contributed by atoms with van der Waals surface area (Å²) in [5.74, 6) is 1.61. The van der Waals surface area contributed by atoms with Gasteiger partial charge in [0.25, 0.3) is 5.69 Å². The van der Waals surface area contributed by atoms with Gasteiger partial charge in [-0.15, -0.1) is 0 Å². The zero-order valence-electron chi connectivity index (χ0n) is 17.3. The molecule has 3 rings (SSSR count). The van der Waals surface area contributed by atoms with Crippen molar-refractivity contribution in [2.24, 2.45) is 0 Å². The van der Waals surface area contributed by atoms with Crippen molar-refractivity contribution in [2.45, 2.75) is 19.3 Å². The third-order valence-electron chi connectivity index (χ3n) is 4.68. The third kappa shape index (κ3) is 5.59. The number of nitro benzene ring substituents is 1. The van der Waals surface area contributed by atoms with Crippen LogP contribution in [0.1, 0.15) is 17.9 Å². The van der Waals surface area contributed by atoms with Crippen molar-refractivity contribution in [3.63, 3.8) is 0 Å². The van der Waals surface area contributed by atoms with Crippen LogP contribution in [0.3, 0.4) is 0 Å². The summed E-state index contributed by atoms with van der Waals surface area (Å²) in [5, 5.41) is 14.1. The van der Waals surface area contributed by atoms with Gasteiger partial charge >= 0.3 is 0 Å². The van der Waals surface area contributed by atoms with Crippen molar-refractivity contribution in [3.05, 3.63) is 70.2 Å². The Balaban J connectivity index is 1.53. The van der Waals surface area contributed by atoms with Crippen LogP contribution in [0.4, 0.5) is 5.69 Å². The molecule has 0 saturated carbocycles. The number of carbonyl (C=O) groups is 1. The number of hydrogen-bond donors (Lipinski definition) is 1. The fourth-order valence-electron chi connectivity index (χ4n) is 3.09. The van der Waals surface area contributed by atoms with E-state index in [1.807, 2.05) is 30.3 Å². The lowest BCUT2D eigenvalue weighted by molar-refractivity contribution is -0.385. The molecule has 162 valence electrons. The minimum absolute atomic E-state index is 0.0832. The highest BCUT2D eigenvalue weighted by atomic mass is 16.6. The van der Waals surface area contributed by atoms with Crippen LogP contribution in [0.5, 0.6) is 11.5 Å². The monoisotopic (exact) mass is 425 g/mol. The number of aryl methyl sites for hydroxylation is 1. The van der Waals surface area contributed by atoms with Gasteiger partial charge in [0, 0.05) is 30.5 Å². The van der Waals surface area contributed by atoms with Gasteiger partial charge in [-0.25, -0.2) is 4.98 Å². The molecule has 0 aliphatic carbocycles. The zero-order valence-corrected chi connectivity index (χ0v) is 17.3. The van der Waals surface area contributed by atoms with E-state index in [4.69, 9.17) is 13.9 Å². The number of benzene rings is 2. The smallest absolute Gasteiger partial charge is 0.276 e. The number of ether oxygens (including phenoxy) is 2. The average molecular weight is 425 g/mol. The average Bonchev–Trinajstić information content (AvgIpc) is 3.27. The zero-order chi connectivity index (χ0) is 22.2. The van der Waals surface area contributed by atoms with E-state index < -0.39 is 4.92 Å². The minimum atomic E-state index is -0.480. The highest BCUT2D eigenvalue weighted by molar-refractivity contribution is 5.76. The van der Waals surface area contributed by atoms with Crippen LogP contribution >= 0.6 is 0 Å². The van der Waals surface area contributed by atoms with Crippen LogP contribution < -0.4 is 14.8 Å². The summed E-state index contributed by atoms with van der Waals surface area (Å²) in [6.07, 6.45) is 2.47. The quantitative estimate of drug-likeness (QED) is 0.390. The lowest BCUT2D eigenvalue weighted by Gasteiger charge is -2.11. The molecule has 1 amide bonds. The molecule has 1 aromatic heterocycles. The number of nitrogens with one attached hydrogen (secondary N) is 1. The first-order chi connectivity index (χ1) is 15.0. The van der Waals surface area contributed by atoms with Gasteiger partial charge in [-0.3, -0.25) is 14.9 Å². The van der Waals surface area contributed by atoms with Gasteiger partial charge < -0.3 is 19.2 Å². The summed E-state index contributed by atoms with van der Waals surface area (Å²) in [7, 11) is 2.87. The van der Waals surface area contributed by atoms with E-state index in [2.05, 4.69) is 10.3 Å². The Kier molecular flexibility index (Phi) is 7.21. The minimum Gasteiger partial charge on any atom is -0.493 e. The van der Waals surface area contributed by atoms with E-state index in [0.29, 0.717) is 29.4 Å². The SMILES string of the molecule is COc1cc(CCNC(=O)CCc2ncc(-c3ccccc3)o2)c([N+](=O)[O-])cc1OC. The summed E-state index contributed by atoms with van der Waals surface area (Å²) in [4.78, 5) is 27.3. The maximum Gasteiger partial charge on any atom is 0.276 e. The molecule has 0 radical (unpaired) electrons. The predicted molar refractivity (Wildman–Crippen MR) is 113 cm³/mol. The fourth-order valence-corrected chi connectivity index (χ4v) is 3.09. The molecule has 9 nitrogen and oxygen atoms in total. The highest BCUT2D eigenvalue weighted by Crippen LogP contribution is 2.34. The largest absolute Gasteiger partial charge is 0.493 e. The van der Waals surface area contributed by atoms with E-state index in [1.54, 1.807) is 12.3 Å². The maximum absolute atomic E-state index is 12.2. The number of oxazole rings is 1. The van der Waals surface area contributed by atoms with Crippen LogP contribution in [0.25, 0.3) is 11.3 Å². The molecule has 1 N–H and O–H groups in total. The third-order valence-corrected chi connectivity index (χ3v) is 4.68. The van der Waals surface area contributed by atoms with Crippen LogP contribution in [0, 0.1) is 10.1 Å². The Morgan fingerprint density at radius 2 is 1.84 bits per heavy atom. The van der Waals surface area contributed by atoms with Crippen molar-refractivity contribution in [2.75, 3.05) is 20.8 Å². The first-order valence-corrected chi connectivity index (χ1v) is 9.68. The first kappa shape index (κ1) is 21.8. The lowest BCUT2D eigenvalue weighted by atomic mass is 10.1. The molecule has 0 atom stereocenters. The van der Waals surface area contributed by atoms with Gasteiger partial charge in [0.15, 0.2) is 23.1 Å². The van der Waals surface area contributed by atoms with Gasteiger partial charge in [-0.05, 0) is 12.5 Å². The number of nitro groups is 1. The highest BCUT2D eigenvalue weighted by Gasteiger charge is 2.19. The second kappa shape index (κ2) is 10.2. The molecular weight excluding hydrogens is 402 g/mol. The molecular formula is C22H23N3O6. The number of rotatable bonds is 10. The number of aromatic nitrogens is 1. The maximum atomic E-state index is 12.2. The van der Waals surface area contributed by atoms with Crippen LogP contribution in [-0.2, 0) is 17.6 Å². The van der Waals surface area contributed by atoms with Gasteiger partial charge in [0.2, 0.25) is 5.91 Å². The Bertz CT molecular complexity index is 1050. The molecule has 3 aromatic rings. The normalized spacial score (nSPS) is 10.5. The Morgan fingerprint density at radius 1 is 1.13 bits per heavy atom.